The van der Waals surface area contributed by atoms with Crippen LogP contribution in [0.4, 0.5) is 5.69 Å². The van der Waals surface area contributed by atoms with Crippen molar-refractivity contribution in [2.45, 2.75) is 13.8 Å². The summed E-state index contributed by atoms with van der Waals surface area (Å²) in [5, 5.41) is 0. The second kappa shape index (κ2) is 6.02. The molecule has 0 radical (unpaired) electrons. The van der Waals surface area contributed by atoms with E-state index in [0.29, 0.717) is 9.23 Å². The molecule has 0 bridgehead atoms. The highest BCUT2D eigenvalue weighted by molar-refractivity contribution is 8.27. The van der Waals surface area contributed by atoms with Gasteiger partial charge in [-0.15, -0.1) is 0 Å². The van der Waals surface area contributed by atoms with Gasteiger partial charge in [0.05, 0.1) is 10.6 Å². The van der Waals surface area contributed by atoms with Crippen LogP contribution in [0.2, 0.25) is 0 Å². The van der Waals surface area contributed by atoms with Gasteiger partial charge in [0, 0.05) is 12.4 Å². The fraction of sp³-hybridized carbons (Fsp3) is 0.118. The highest BCUT2D eigenvalue weighted by atomic mass is 32.2. The molecule has 0 spiro atoms. The van der Waals surface area contributed by atoms with Gasteiger partial charge in [-0.1, -0.05) is 47.7 Å². The fourth-order valence-electron chi connectivity index (χ4n) is 2.34. The lowest BCUT2D eigenvalue weighted by Gasteiger charge is -2.17. The summed E-state index contributed by atoms with van der Waals surface area (Å²) in [5.74, 6) is -0.0780. The van der Waals surface area contributed by atoms with Gasteiger partial charge in [-0.2, -0.15) is 0 Å². The zero-order chi connectivity index (χ0) is 15.7. The predicted molar refractivity (Wildman–Crippen MR) is 95.8 cm³/mol. The monoisotopic (exact) mass is 326 g/mol. The lowest BCUT2D eigenvalue weighted by atomic mass is 10.1. The summed E-state index contributed by atoms with van der Waals surface area (Å²) in [5.41, 5.74) is 3.95. The molecule has 2 aromatic rings. The van der Waals surface area contributed by atoms with Crippen LogP contribution in [0.5, 0.6) is 0 Å². The van der Waals surface area contributed by atoms with Gasteiger partial charge in [0.1, 0.15) is 0 Å². The molecule has 0 atom stereocenters. The molecule has 5 heteroatoms. The lowest BCUT2D eigenvalue weighted by Crippen LogP contribution is -2.28. The van der Waals surface area contributed by atoms with Gasteiger partial charge in [-0.05, 0) is 43.2 Å². The second-order valence-electron chi connectivity index (χ2n) is 5.09. The Morgan fingerprint density at radius 3 is 2.77 bits per heavy atom. The van der Waals surface area contributed by atoms with Gasteiger partial charge in [-0.25, -0.2) is 0 Å². The Labute approximate surface area is 139 Å². The number of thiocarbonyl (C=S) groups is 1. The van der Waals surface area contributed by atoms with Crippen molar-refractivity contribution >= 4 is 46.0 Å². The van der Waals surface area contributed by atoms with Crippen molar-refractivity contribution in [1.29, 1.82) is 0 Å². The molecule has 1 saturated heterocycles. The van der Waals surface area contributed by atoms with E-state index in [4.69, 9.17) is 12.2 Å². The Kier molecular flexibility index (Phi) is 4.09. The minimum atomic E-state index is -0.0780. The molecule has 1 aromatic heterocycles. The van der Waals surface area contributed by atoms with Crippen LogP contribution in [-0.4, -0.2) is 15.2 Å². The zero-order valence-corrected chi connectivity index (χ0v) is 13.9. The third-order valence-electron chi connectivity index (χ3n) is 3.37. The average molecular weight is 326 g/mol. The molecular formula is C17H14N2OS2. The Morgan fingerprint density at radius 2 is 2.09 bits per heavy atom. The highest BCUT2D eigenvalue weighted by Crippen LogP contribution is 2.37. The van der Waals surface area contributed by atoms with Crippen LogP contribution in [0, 0.1) is 13.8 Å². The van der Waals surface area contributed by atoms with Crippen LogP contribution in [0.1, 0.15) is 16.7 Å². The molecule has 22 heavy (non-hydrogen) atoms. The molecular weight excluding hydrogens is 312 g/mol. The second-order valence-corrected chi connectivity index (χ2v) is 6.77. The van der Waals surface area contributed by atoms with Crippen LogP contribution in [0.15, 0.2) is 47.6 Å². The van der Waals surface area contributed by atoms with Gasteiger partial charge in [-0.3, -0.25) is 14.7 Å². The maximum Gasteiger partial charge on any atom is 0.270 e. The van der Waals surface area contributed by atoms with Crippen molar-refractivity contribution in [3.8, 4) is 0 Å². The summed E-state index contributed by atoms with van der Waals surface area (Å²) in [4.78, 5) is 19.0. The first-order valence-electron chi connectivity index (χ1n) is 6.81. The minimum absolute atomic E-state index is 0.0780. The molecule has 1 amide bonds. The summed E-state index contributed by atoms with van der Waals surface area (Å²) in [6, 6.07) is 9.75. The molecule has 3 nitrogen and oxygen atoms in total. The molecule has 1 aliphatic rings. The van der Waals surface area contributed by atoms with Crippen molar-refractivity contribution < 1.29 is 4.79 Å². The number of amides is 1. The number of aromatic nitrogens is 1. The summed E-state index contributed by atoms with van der Waals surface area (Å²) in [7, 11) is 0. The van der Waals surface area contributed by atoms with E-state index < -0.39 is 0 Å². The first kappa shape index (κ1) is 14.9. The normalized spacial score (nSPS) is 16.6. The molecule has 1 fully saturated rings. The predicted octanol–water partition coefficient (Wildman–Crippen LogP) is 4.10. The number of nitrogens with zero attached hydrogens (tertiary/aromatic N) is 2. The number of hydrogen-bond acceptors (Lipinski definition) is 4. The Morgan fingerprint density at radius 1 is 1.27 bits per heavy atom. The van der Waals surface area contributed by atoms with E-state index in [9.17, 15) is 4.79 Å². The molecule has 0 unspecified atom stereocenters. The molecule has 0 saturated carbocycles. The van der Waals surface area contributed by atoms with E-state index in [1.807, 2.05) is 44.2 Å². The molecule has 1 aliphatic heterocycles. The maximum atomic E-state index is 12.7. The largest absolute Gasteiger partial charge is 0.270 e. The van der Waals surface area contributed by atoms with Crippen LogP contribution >= 0.6 is 24.0 Å². The van der Waals surface area contributed by atoms with Crippen molar-refractivity contribution in [3.05, 3.63) is 64.3 Å². The standard InChI is InChI=1S/C17H14N2OS2/c1-11-5-6-14(12(2)8-11)19-16(20)15(22-17(19)21)9-13-4-3-7-18-10-13/h3-10H,1-2H3/b15-9+. The number of rotatable bonds is 2. The Hall–Kier alpha value is -1.98. The topological polar surface area (TPSA) is 33.2 Å². The third kappa shape index (κ3) is 2.82. The van der Waals surface area contributed by atoms with E-state index in [1.54, 1.807) is 17.3 Å². The van der Waals surface area contributed by atoms with Gasteiger partial charge in [0.25, 0.3) is 5.91 Å². The van der Waals surface area contributed by atoms with Crippen LogP contribution in [-0.2, 0) is 4.79 Å². The molecule has 110 valence electrons. The quantitative estimate of drug-likeness (QED) is 0.614. The van der Waals surface area contributed by atoms with E-state index in [1.165, 1.54) is 11.8 Å². The number of carbonyl (C=O) groups is 1. The van der Waals surface area contributed by atoms with Crippen LogP contribution in [0.25, 0.3) is 6.08 Å². The van der Waals surface area contributed by atoms with Gasteiger partial charge in [0.2, 0.25) is 0 Å². The molecule has 2 heterocycles. The van der Waals surface area contributed by atoms with Crippen molar-refractivity contribution in [1.82, 2.24) is 4.98 Å². The lowest BCUT2D eigenvalue weighted by molar-refractivity contribution is -0.113. The summed E-state index contributed by atoms with van der Waals surface area (Å²) in [6.45, 7) is 4.02. The molecule has 0 N–H and O–H groups in total. The minimum Gasteiger partial charge on any atom is -0.268 e. The number of aryl methyl sites for hydroxylation is 2. The smallest absolute Gasteiger partial charge is 0.268 e. The fourth-order valence-corrected chi connectivity index (χ4v) is 3.63. The number of hydrogen-bond donors (Lipinski definition) is 0. The first-order chi connectivity index (χ1) is 10.6. The number of carbonyl (C=O) groups excluding carboxylic acids is 1. The SMILES string of the molecule is Cc1ccc(N2C(=O)/C(=C\c3cccnc3)SC2=S)c(C)c1. The van der Waals surface area contributed by atoms with Gasteiger partial charge < -0.3 is 0 Å². The number of anilines is 1. The number of pyridine rings is 1. The van der Waals surface area contributed by atoms with E-state index in [2.05, 4.69) is 11.1 Å². The summed E-state index contributed by atoms with van der Waals surface area (Å²) in [6.07, 6.45) is 5.26. The van der Waals surface area contributed by atoms with Gasteiger partial charge in [0.15, 0.2) is 4.32 Å². The first-order valence-corrected chi connectivity index (χ1v) is 8.04. The number of benzene rings is 1. The van der Waals surface area contributed by atoms with Crippen molar-refractivity contribution in [3.63, 3.8) is 0 Å². The third-order valence-corrected chi connectivity index (χ3v) is 4.67. The highest BCUT2D eigenvalue weighted by Gasteiger charge is 2.33. The van der Waals surface area contributed by atoms with E-state index >= 15 is 0 Å². The summed E-state index contributed by atoms with van der Waals surface area (Å²) < 4.78 is 0.562. The molecule has 1 aromatic carbocycles. The van der Waals surface area contributed by atoms with E-state index in [-0.39, 0.29) is 5.91 Å². The molecule has 0 aliphatic carbocycles. The van der Waals surface area contributed by atoms with Gasteiger partial charge >= 0.3 is 0 Å². The number of thioether (sulfide) groups is 1. The van der Waals surface area contributed by atoms with Crippen molar-refractivity contribution in [2.75, 3.05) is 4.90 Å². The van der Waals surface area contributed by atoms with Crippen LogP contribution < -0.4 is 4.90 Å². The van der Waals surface area contributed by atoms with Crippen LogP contribution in [0.3, 0.4) is 0 Å². The Balaban J connectivity index is 1.97. The van der Waals surface area contributed by atoms with Crippen molar-refractivity contribution in [2.24, 2.45) is 0 Å². The maximum absolute atomic E-state index is 12.7. The zero-order valence-electron chi connectivity index (χ0n) is 12.2. The van der Waals surface area contributed by atoms with E-state index in [0.717, 1.165) is 22.4 Å². The summed E-state index contributed by atoms with van der Waals surface area (Å²) >= 11 is 6.72. The average Bonchev–Trinajstić information content (AvgIpc) is 2.75. The molecule has 3 rings (SSSR count). The Bertz CT molecular complexity index is 785.